The molecular formula is C19H18F3N3OS. The molecule has 0 spiro atoms. The van der Waals surface area contributed by atoms with E-state index in [1.807, 2.05) is 6.07 Å². The highest BCUT2D eigenvalue weighted by Crippen LogP contribution is 2.37. The minimum Gasteiger partial charge on any atom is -0.316 e. The van der Waals surface area contributed by atoms with Crippen molar-refractivity contribution in [1.82, 2.24) is 9.62 Å². The van der Waals surface area contributed by atoms with Gasteiger partial charge in [-0.05, 0) is 48.9 Å². The van der Waals surface area contributed by atoms with Crippen LogP contribution in [0.15, 0.2) is 47.4 Å². The van der Waals surface area contributed by atoms with Gasteiger partial charge in [-0.25, -0.2) is 8.51 Å². The lowest BCUT2D eigenvalue weighted by Gasteiger charge is -2.19. The molecule has 1 fully saturated rings. The maximum atomic E-state index is 13.6. The van der Waals surface area contributed by atoms with Gasteiger partial charge in [-0.1, -0.05) is 18.2 Å². The fourth-order valence-electron chi connectivity index (χ4n) is 3.07. The first-order valence-corrected chi connectivity index (χ1v) is 9.50. The van der Waals surface area contributed by atoms with Crippen molar-refractivity contribution in [3.63, 3.8) is 0 Å². The Morgan fingerprint density at radius 2 is 1.85 bits per heavy atom. The molecule has 2 aromatic rings. The van der Waals surface area contributed by atoms with Crippen LogP contribution in [0.2, 0.25) is 0 Å². The molecule has 2 aromatic carbocycles. The number of alkyl halides is 3. The lowest BCUT2D eigenvalue weighted by molar-refractivity contribution is -0.139. The molecule has 1 unspecified atom stereocenters. The second kappa shape index (κ2) is 7.80. The average molecular weight is 393 g/mol. The fourth-order valence-corrected chi connectivity index (χ4v) is 4.49. The van der Waals surface area contributed by atoms with Crippen molar-refractivity contribution in [2.75, 3.05) is 20.1 Å². The monoisotopic (exact) mass is 393 g/mol. The van der Waals surface area contributed by atoms with E-state index >= 15 is 0 Å². The van der Waals surface area contributed by atoms with Gasteiger partial charge in [0.05, 0.1) is 22.1 Å². The third-order valence-corrected chi connectivity index (χ3v) is 6.15. The van der Waals surface area contributed by atoms with E-state index in [4.69, 9.17) is 5.26 Å². The van der Waals surface area contributed by atoms with Gasteiger partial charge in [0.25, 0.3) is 0 Å². The van der Waals surface area contributed by atoms with Crippen molar-refractivity contribution >= 4 is 11.0 Å². The number of hydrogen-bond acceptors (Lipinski definition) is 3. The predicted octanol–water partition coefficient (Wildman–Crippen LogP) is 3.56. The van der Waals surface area contributed by atoms with Crippen LogP contribution in [0, 0.1) is 11.3 Å². The molecule has 0 bridgehead atoms. The van der Waals surface area contributed by atoms with Crippen LogP contribution in [0.1, 0.15) is 17.5 Å². The molecule has 1 aliphatic heterocycles. The van der Waals surface area contributed by atoms with Gasteiger partial charge in [0.1, 0.15) is 11.0 Å². The fraction of sp³-hybridized carbons (Fsp3) is 0.316. The minimum absolute atomic E-state index is 0.126. The molecule has 2 atom stereocenters. The summed E-state index contributed by atoms with van der Waals surface area (Å²) in [5, 5.41) is 11.9. The van der Waals surface area contributed by atoms with E-state index in [-0.39, 0.29) is 10.9 Å². The Kier molecular flexibility index (Phi) is 5.65. The van der Waals surface area contributed by atoms with Crippen molar-refractivity contribution in [1.29, 1.82) is 5.26 Å². The van der Waals surface area contributed by atoms with Gasteiger partial charge in [0, 0.05) is 19.1 Å². The number of nitrogens with zero attached hydrogens (tertiary/aromatic N) is 2. The third-order valence-electron chi connectivity index (χ3n) is 4.61. The average Bonchev–Trinajstić information content (AvgIpc) is 3.15. The van der Waals surface area contributed by atoms with Gasteiger partial charge >= 0.3 is 6.18 Å². The van der Waals surface area contributed by atoms with E-state index in [0.29, 0.717) is 29.8 Å². The van der Waals surface area contributed by atoms with E-state index in [2.05, 4.69) is 5.32 Å². The number of benzene rings is 2. The number of nitrogens with one attached hydrogen (secondary N) is 1. The molecule has 1 saturated heterocycles. The number of likely N-dealkylation sites (N-methyl/N-ethyl adjacent to an activating group) is 1. The molecule has 0 saturated carbocycles. The highest BCUT2D eigenvalue weighted by atomic mass is 32.2. The summed E-state index contributed by atoms with van der Waals surface area (Å²) in [6, 6.07) is 12.3. The van der Waals surface area contributed by atoms with Crippen LogP contribution < -0.4 is 5.32 Å². The maximum Gasteiger partial charge on any atom is 0.417 e. The lowest BCUT2D eigenvalue weighted by Crippen LogP contribution is -2.31. The van der Waals surface area contributed by atoms with Crippen LogP contribution in [0.3, 0.4) is 0 Å². The molecule has 8 heteroatoms. The van der Waals surface area contributed by atoms with Crippen molar-refractivity contribution in [3.8, 4) is 17.2 Å². The normalized spacial score (nSPS) is 19.0. The SMILES string of the molecule is CN[C@@H]1CCN(S(=O)c2ccc(-c3ccc(C#N)cc3)cc2C(F)(F)F)C1. The smallest absolute Gasteiger partial charge is 0.316 e. The molecule has 1 heterocycles. The number of nitriles is 1. The van der Waals surface area contributed by atoms with Gasteiger partial charge < -0.3 is 5.32 Å². The van der Waals surface area contributed by atoms with Crippen molar-refractivity contribution in [3.05, 3.63) is 53.6 Å². The summed E-state index contributed by atoms with van der Waals surface area (Å²) >= 11 is 0. The lowest BCUT2D eigenvalue weighted by atomic mass is 10.0. The minimum atomic E-state index is -4.62. The summed E-state index contributed by atoms with van der Waals surface area (Å²) in [6.45, 7) is 0.921. The first-order valence-electron chi connectivity index (χ1n) is 8.39. The van der Waals surface area contributed by atoms with Gasteiger partial charge in [-0.15, -0.1) is 0 Å². The molecule has 142 valence electrons. The van der Waals surface area contributed by atoms with Crippen LogP contribution in [0.25, 0.3) is 11.1 Å². The number of hydrogen-bond donors (Lipinski definition) is 1. The number of rotatable bonds is 4. The van der Waals surface area contributed by atoms with E-state index in [0.717, 1.165) is 12.5 Å². The molecule has 27 heavy (non-hydrogen) atoms. The maximum absolute atomic E-state index is 13.6. The summed E-state index contributed by atoms with van der Waals surface area (Å²) in [6.07, 6.45) is -3.87. The van der Waals surface area contributed by atoms with Crippen LogP contribution in [-0.2, 0) is 17.2 Å². The zero-order valence-electron chi connectivity index (χ0n) is 14.6. The van der Waals surface area contributed by atoms with Gasteiger partial charge in [0.15, 0.2) is 0 Å². The number of halogens is 3. The molecule has 1 aliphatic rings. The summed E-state index contributed by atoms with van der Waals surface area (Å²) in [5.41, 5.74) is 0.464. The third kappa shape index (κ3) is 4.21. The molecule has 3 rings (SSSR count). The molecule has 0 aromatic heterocycles. The Bertz CT molecular complexity index is 891. The van der Waals surface area contributed by atoms with Gasteiger partial charge in [-0.3, -0.25) is 0 Å². The highest BCUT2D eigenvalue weighted by molar-refractivity contribution is 7.82. The van der Waals surface area contributed by atoms with E-state index in [1.165, 1.54) is 12.1 Å². The van der Waals surface area contributed by atoms with Crippen molar-refractivity contribution < 1.29 is 17.4 Å². The summed E-state index contributed by atoms with van der Waals surface area (Å²) < 4.78 is 55.3. The molecule has 0 radical (unpaired) electrons. The second-order valence-corrected chi connectivity index (χ2v) is 7.76. The Labute approximate surface area is 158 Å². The van der Waals surface area contributed by atoms with Crippen LogP contribution in [-0.4, -0.2) is 34.7 Å². The Morgan fingerprint density at radius 3 is 2.41 bits per heavy atom. The standard InChI is InChI=1S/C19H18F3N3OS/c1-24-16-8-9-25(12-16)27(26)18-7-6-15(10-17(18)19(20,21)22)14-4-2-13(11-23)3-5-14/h2-7,10,16,24H,8-9,12H2,1H3/t16-,27?/m1/s1. The van der Waals surface area contributed by atoms with Gasteiger partial charge in [-0.2, -0.15) is 18.4 Å². The zero-order chi connectivity index (χ0) is 19.6. The molecular weight excluding hydrogens is 375 g/mol. The van der Waals surface area contributed by atoms with Crippen molar-refractivity contribution in [2.45, 2.75) is 23.5 Å². The van der Waals surface area contributed by atoms with E-state index in [9.17, 15) is 17.4 Å². The first kappa shape index (κ1) is 19.5. The van der Waals surface area contributed by atoms with Crippen LogP contribution in [0.4, 0.5) is 13.2 Å². The molecule has 0 aliphatic carbocycles. The Balaban J connectivity index is 1.97. The molecule has 1 N–H and O–H groups in total. The quantitative estimate of drug-likeness (QED) is 0.864. The Morgan fingerprint density at radius 1 is 1.19 bits per heavy atom. The van der Waals surface area contributed by atoms with Crippen LogP contribution in [0.5, 0.6) is 0 Å². The van der Waals surface area contributed by atoms with Gasteiger partial charge in [0.2, 0.25) is 0 Å². The topological polar surface area (TPSA) is 56.1 Å². The summed E-state index contributed by atoms with van der Waals surface area (Å²) in [7, 11) is -0.0962. The summed E-state index contributed by atoms with van der Waals surface area (Å²) in [5.74, 6) is 0. The Hall–Kier alpha value is -2.21. The van der Waals surface area contributed by atoms with E-state index < -0.39 is 22.7 Å². The van der Waals surface area contributed by atoms with Crippen molar-refractivity contribution in [2.24, 2.45) is 0 Å². The van der Waals surface area contributed by atoms with E-state index in [1.54, 1.807) is 35.6 Å². The largest absolute Gasteiger partial charge is 0.417 e. The first-order chi connectivity index (χ1) is 12.8. The predicted molar refractivity (Wildman–Crippen MR) is 97.0 cm³/mol. The molecule has 0 amide bonds. The highest BCUT2D eigenvalue weighted by Gasteiger charge is 2.37. The second-order valence-electron chi connectivity index (χ2n) is 6.31. The van der Waals surface area contributed by atoms with Crippen LogP contribution >= 0.6 is 0 Å². The summed E-state index contributed by atoms with van der Waals surface area (Å²) in [4.78, 5) is -0.225. The zero-order valence-corrected chi connectivity index (χ0v) is 15.4. The molecule has 4 nitrogen and oxygen atoms in total.